The molecule has 0 N–H and O–H groups in total. The average molecular weight is 411 g/mol. The Morgan fingerprint density at radius 1 is 0.633 bits per heavy atom. The van der Waals surface area contributed by atoms with E-state index in [1.54, 1.807) is 12.1 Å². The highest BCUT2D eigenvalue weighted by atomic mass is 31.2. The molecule has 30 heavy (non-hydrogen) atoms. The van der Waals surface area contributed by atoms with Crippen LogP contribution in [0.15, 0.2) is 120 Å². The highest BCUT2D eigenvalue weighted by Crippen LogP contribution is 2.49. The number of benzene rings is 4. The third kappa shape index (κ3) is 3.85. The first-order chi connectivity index (χ1) is 14.7. The van der Waals surface area contributed by atoms with Crippen LogP contribution < -0.4 is 15.9 Å². The van der Waals surface area contributed by atoms with Gasteiger partial charge in [0.25, 0.3) is 0 Å². The molecule has 4 heteroatoms. The van der Waals surface area contributed by atoms with E-state index in [0.717, 1.165) is 5.69 Å². The van der Waals surface area contributed by atoms with Crippen molar-refractivity contribution in [2.45, 2.75) is 0 Å². The summed E-state index contributed by atoms with van der Waals surface area (Å²) < 4.78 is 10.2. The SMILES string of the molecule is COC(=O)c1ccc(N=P(c2ccccc2)(c2ccccc2)c2ccccc2)cc1. The van der Waals surface area contributed by atoms with E-state index in [4.69, 9.17) is 9.48 Å². The Morgan fingerprint density at radius 3 is 1.40 bits per heavy atom. The van der Waals surface area contributed by atoms with Gasteiger partial charge in [-0.1, -0.05) is 91.0 Å². The molecule has 0 fully saturated rings. The van der Waals surface area contributed by atoms with Crippen molar-refractivity contribution < 1.29 is 9.53 Å². The predicted molar refractivity (Wildman–Crippen MR) is 125 cm³/mol. The highest BCUT2D eigenvalue weighted by Gasteiger charge is 2.27. The monoisotopic (exact) mass is 411 g/mol. The van der Waals surface area contributed by atoms with Crippen molar-refractivity contribution >= 4 is 34.6 Å². The van der Waals surface area contributed by atoms with Crippen LogP contribution >= 0.6 is 7.05 Å². The third-order valence-electron chi connectivity index (χ3n) is 4.94. The Morgan fingerprint density at radius 2 is 1.03 bits per heavy atom. The molecule has 0 unspecified atom stereocenters. The Hall–Kier alpha value is -3.42. The van der Waals surface area contributed by atoms with Crippen molar-refractivity contribution in [2.75, 3.05) is 7.11 Å². The Kier molecular flexibility index (Phi) is 5.92. The van der Waals surface area contributed by atoms with Crippen LogP contribution in [0.3, 0.4) is 0 Å². The maximum atomic E-state index is 11.8. The molecule has 0 saturated heterocycles. The zero-order chi connectivity index (χ0) is 20.8. The number of carbonyl (C=O) groups is 1. The number of esters is 1. The van der Waals surface area contributed by atoms with Crippen LogP contribution in [0.1, 0.15) is 10.4 Å². The first-order valence-electron chi connectivity index (χ1n) is 9.71. The second kappa shape index (κ2) is 8.94. The fraction of sp³-hybridized carbons (Fsp3) is 0.0385. The zero-order valence-corrected chi connectivity index (χ0v) is 17.6. The van der Waals surface area contributed by atoms with Crippen molar-refractivity contribution in [3.05, 3.63) is 121 Å². The third-order valence-corrected chi connectivity index (χ3v) is 8.61. The molecule has 3 nitrogen and oxygen atoms in total. The fourth-order valence-corrected chi connectivity index (χ4v) is 7.04. The summed E-state index contributed by atoms with van der Waals surface area (Å²) in [4.78, 5) is 11.8. The normalized spacial score (nSPS) is 11.0. The molecule has 0 saturated carbocycles. The molecule has 0 spiro atoms. The van der Waals surface area contributed by atoms with E-state index in [0.29, 0.717) is 5.56 Å². The van der Waals surface area contributed by atoms with Crippen molar-refractivity contribution in [3.63, 3.8) is 0 Å². The van der Waals surface area contributed by atoms with E-state index < -0.39 is 7.05 Å². The van der Waals surface area contributed by atoms with Gasteiger partial charge in [0.2, 0.25) is 0 Å². The van der Waals surface area contributed by atoms with Gasteiger partial charge < -0.3 is 4.74 Å². The second-order valence-electron chi connectivity index (χ2n) is 6.78. The van der Waals surface area contributed by atoms with Gasteiger partial charge in [-0.25, -0.2) is 4.79 Å². The van der Waals surface area contributed by atoms with Crippen LogP contribution in [-0.4, -0.2) is 13.1 Å². The summed E-state index contributed by atoms with van der Waals surface area (Å²) in [5, 5.41) is 3.54. The fourth-order valence-electron chi connectivity index (χ4n) is 3.51. The Balaban J connectivity index is 2.02. The highest BCUT2D eigenvalue weighted by molar-refractivity contribution is 7.87. The van der Waals surface area contributed by atoms with E-state index in [1.807, 2.05) is 30.3 Å². The minimum atomic E-state index is -2.31. The number of nitrogens with zero attached hydrogens (tertiary/aromatic N) is 1. The smallest absolute Gasteiger partial charge is 0.337 e. The lowest BCUT2D eigenvalue weighted by molar-refractivity contribution is 0.0601. The van der Waals surface area contributed by atoms with Gasteiger partial charge in [-0.2, -0.15) is 0 Å². The molecule has 4 aromatic rings. The predicted octanol–water partition coefficient (Wildman–Crippen LogP) is 5.28. The molecule has 0 aliphatic heterocycles. The topological polar surface area (TPSA) is 38.7 Å². The number of rotatable bonds is 5. The summed E-state index contributed by atoms with van der Waals surface area (Å²) >= 11 is 0. The maximum Gasteiger partial charge on any atom is 0.337 e. The largest absolute Gasteiger partial charge is 0.465 e. The summed E-state index contributed by atoms with van der Waals surface area (Å²) in [5.74, 6) is -0.350. The Labute approximate surface area is 177 Å². The summed E-state index contributed by atoms with van der Waals surface area (Å²) in [5.41, 5.74) is 1.34. The molecule has 4 aromatic carbocycles. The first kappa shape index (κ1) is 19.9. The van der Waals surface area contributed by atoms with Gasteiger partial charge in [0.15, 0.2) is 0 Å². The van der Waals surface area contributed by atoms with Gasteiger partial charge in [0.1, 0.15) is 0 Å². The standard InChI is InChI=1S/C26H22NO2P/c1-29-26(28)21-17-19-22(20-18-21)27-30(23-11-5-2-6-12-23,24-13-7-3-8-14-24)25-15-9-4-10-16-25/h2-20H,1H3. The first-order valence-corrected chi connectivity index (χ1v) is 11.5. The minimum absolute atomic E-state index is 0.350. The van der Waals surface area contributed by atoms with Gasteiger partial charge >= 0.3 is 5.97 Å². The molecule has 0 atom stereocenters. The molecule has 0 bridgehead atoms. The lowest BCUT2D eigenvalue weighted by Crippen LogP contribution is -2.25. The summed E-state index contributed by atoms with van der Waals surface area (Å²) in [7, 11) is -0.926. The van der Waals surface area contributed by atoms with Crippen LogP contribution in [-0.2, 0) is 4.74 Å². The molecule has 0 heterocycles. The lowest BCUT2D eigenvalue weighted by Gasteiger charge is -2.27. The number of carbonyl (C=O) groups excluding carboxylic acids is 1. The van der Waals surface area contributed by atoms with Crippen molar-refractivity contribution in [3.8, 4) is 0 Å². The zero-order valence-electron chi connectivity index (χ0n) is 16.7. The maximum absolute atomic E-state index is 11.8. The van der Waals surface area contributed by atoms with Gasteiger partial charge in [0, 0.05) is 15.9 Å². The number of hydrogen-bond donors (Lipinski definition) is 0. The lowest BCUT2D eigenvalue weighted by atomic mass is 10.2. The molecule has 0 aliphatic carbocycles. The number of ether oxygens (including phenoxy) is 1. The molecule has 4 rings (SSSR count). The van der Waals surface area contributed by atoms with E-state index in [-0.39, 0.29) is 5.97 Å². The quantitative estimate of drug-likeness (QED) is 0.331. The molecule has 0 aliphatic rings. The number of methoxy groups -OCH3 is 1. The van der Waals surface area contributed by atoms with Crippen LogP contribution in [0.2, 0.25) is 0 Å². The average Bonchev–Trinajstić information content (AvgIpc) is 2.84. The van der Waals surface area contributed by atoms with Crippen molar-refractivity contribution in [1.82, 2.24) is 0 Å². The van der Waals surface area contributed by atoms with Crippen molar-refractivity contribution in [2.24, 2.45) is 4.74 Å². The van der Waals surface area contributed by atoms with E-state index in [1.165, 1.54) is 23.0 Å². The van der Waals surface area contributed by atoms with Crippen LogP contribution in [0.5, 0.6) is 0 Å². The Bertz CT molecular complexity index is 1070. The van der Waals surface area contributed by atoms with Gasteiger partial charge in [-0.15, -0.1) is 0 Å². The molecular weight excluding hydrogens is 389 g/mol. The van der Waals surface area contributed by atoms with Gasteiger partial charge in [-0.05, 0) is 24.3 Å². The number of hydrogen-bond acceptors (Lipinski definition) is 3. The molecule has 0 aromatic heterocycles. The molecule has 0 amide bonds. The van der Waals surface area contributed by atoms with E-state index in [2.05, 4.69) is 72.8 Å². The molecular formula is C26H22NO2P. The summed E-state index contributed by atoms with van der Waals surface area (Å²) in [6, 6.07) is 38.7. The molecule has 148 valence electrons. The van der Waals surface area contributed by atoms with Crippen LogP contribution in [0.25, 0.3) is 0 Å². The second-order valence-corrected chi connectivity index (χ2v) is 9.80. The van der Waals surface area contributed by atoms with Crippen LogP contribution in [0.4, 0.5) is 5.69 Å². The van der Waals surface area contributed by atoms with Crippen LogP contribution in [0, 0.1) is 0 Å². The minimum Gasteiger partial charge on any atom is -0.465 e. The van der Waals surface area contributed by atoms with Crippen molar-refractivity contribution in [1.29, 1.82) is 0 Å². The summed E-state index contributed by atoms with van der Waals surface area (Å²) in [6.07, 6.45) is 0. The van der Waals surface area contributed by atoms with E-state index in [9.17, 15) is 4.79 Å². The van der Waals surface area contributed by atoms with Gasteiger partial charge in [-0.3, -0.25) is 4.74 Å². The van der Waals surface area contributed by atoms with Gasteiger partial charge in [0.05, 0.1) is 25.4 Å². The molecule has 0 radical (unpaired) electrons. The van der Waals surface area contributed by atoms with E-state index >= 15 is 0 Å². The summed E-state index contributed by atoms with van der Waals surface area (Å²) in [6.45, 7) is 0.